The third-order valence-corrected chi connectivity index (χ3v) is 2.75. The maximum atomic E-state index is 11.7. The highest BCUT2D eigenvalue weighted by atomic mass is 16.3. The van der Waals surface area contributed by atoms with Crippen molar-refractivity contribution in [1.29, 1.82) is 0 Å². The number of carbonyl (C=O) groups is 2. The van der Waals surface area contributed by atoms with Crippen LogP contribution in [0, 0.1) is 0 Å². The quantitative estimate of drug-likeness (QED) is 0.654. The standard InChI is InChI=1S/C17H15NO3/c19-15-9-6-13(7-10-15)8-11-16(20)12-17(21)18-14-4-2-1-3-5-14/h1-11,19H,12H2,(H,18,21). The summed E-state index contributed by atoms with van der Waals surface area (Å²) in [5.41, 5.74) is 1.45. The number of nitrogens with one attached hydrogen (secondary N) is 1. The van der Waals surface area contributed by atoms with E-state index < -0.39 is 0 Å². The lowest BCUT2D eigenvalue weighted by Gasteiger charge is -2.02. The highest BCUT2D eigenvalue weighted by molar-refractivity contribution is 6.09. The molecular weight excluding hydrogens is 266 g/mol. The first-order chi connectivity index (χ1) is 10.1. The Morgan fingerprint density at radius 1 is 1.00 bits per heavy atom. The molecule has 0 saturated heterocycles. The second kappa shape index (κ2) is 7.05. The van der Waals surface area contributed by atoms with Crippen LogP contribution < -0.4 is 5.32 Å². The molecule has 0 aliphatic carbocycles. The van der Waals surface area contributed by atoms with Crippen molar-refractivity contribution in [3.8, 4) is 5.75 Å². The summed E-state index contributed by atoms with van der Waals surface area (Å²) in [6.45, 7) is 0. The maximum absolute atomic E-state index is 11.7. The number of ketones is 1. The highest BCUT2D eigenvalue weighted by Gasteiger charge is 2.06. The van der Waals surface area contributed by atoms with E-state index in [9.17, 15) is 9.59 Å². The zero-order valence-corrected chi connectivity index (χ0v) is 11.3. The molecule has 0 aromatic heterocycles. The van der Waals surface area contributed by atoms with Crippen LogP contribution in [-0.4, -0.2) is 16.8 Å². The summed E-state index contributed by atoms with van der Waals surface area (Å²) in [6.07, 6.45) is 2.76. The molecule has 4 heteroatoms. The van der Waals surface area contributed by atoms with E-state index >= 15 is 0 Å². The molecule has 0 saturated carbocycles. The Hall–Kier alpha value is -2.88. The fourth-order valence-corrected chi connectivity index (χ4v) is 1.72. The van der Waals surface area contributed by atoms with Crippen LogP contribution in [0.4, 0.5) is 5.69 Å². The molecule has 2 N–H and O–H groups in total. The highest BCUT2D eigenvalue weighted by Crippen LogP contribution is 2.11. The summed E-state index contributed by atoms with van der Waals surface area (Å²) < 4.78 is 0. The third-order valence-electron chi connectivity index (χ3n) is 2.75. The van der Waals surface area contributed by atoms with Gasteiger partial charge in [-0.3, -0.25) is 9.59 Å². The molecule has 0 heterocycles. The van der Waals surface area contributed by atoms with Crippen molar-refractivity contribution >= 4 is 23.5 Å². The minimum absolute atomic E-state index is 0.167. The van der Waals surface area contributed by atoms with Crippen LogP contribution in [0.25, 0.3) is 6.08 Å². The SMILES string of the molecule is O=C(C=Cc1ccc(O)cc1)CC(=O)Nc1ccccc1. The molecule has 2 aromatic carbocycles. The molecule has 2 rings (SSSR count). The van der Waals surface area contributed by atoms with E-state index in [2.05, 4.69) is 5.32 Å². The fourth-order valence-electron chi connectivity index (χ4n) is 1.72. The lowest BCUT2D eigenvalue weighted by molar-refractivity contribution is -0.122. The van der Waals surface area contributed by atoms with Gasteiger partial charge in [0.15, 0.2) is 5.78 Å². The molecule has 0 unspecified atom stereocenters. The predicted molar refractivity (Wildman–Crippen MR) is 81.8 cm³/mol. The summed E-state index contributed by atoms with van der Waals surface area (Å²) in [7, 11) is 0. The molecule has 4 nitrogen and oxygen atoms in total. The zero-order valence-electron chi connectivity index (χ0n) is 11.3. The van der Waals surface area contributed by atoms with Crippen LogP contribution in [-0.2, 0) is 9.59 Å². The lowest BCUT2D eigenvalue weighted by Crippen LogP contribution is -2.15. The summed E-state index contributed by atoms with van der Waals surface area (Å²) in [6, 6.07) is 15.4. The van der Waals surface area contributed by atoms with Gasteiger partial charge in [-0.25, -0.2) is 0 Å². The van der Waals surface area contributed by atoms with Gasteiger partial charge in [0.25, 0.3) is 0 Å². The first-order valence-electron chi connectivity index (χ1n) is 6.48. The molecule has 0 radical (unpaired) electrons. The van der Waals surface area contributed by atoms with E-state index in [-0.39, 0.29) is 23.9 Å². The van der Waals surface area contributed by atoms with Gasteiger partial charge in [0.2, 0.25) is 5.91 Å². The zero-order chi connectivity index (χ0) is 15.1. The van der Waals surface area contributed by atoms with Crippen molar-refractivity contribution in [3.05, 3.63) is 66.2 Å². The molecule has 0 atom stereocenters. The van der Waals surface area contributed by atoms with E-state index in [1.54, 1.807) is 30.3 Å². The van der Waals surface area contributed by atoms with Gasteiger partial charge in [0, 0.05) is 5.69 Å². The van der Waals surface area contributed by atoms with E-state index in [0.29, 0.717) is 5.69 Å². The van der Waals surface area contributed by atoms with Crippen molar-refractivity contribution in [3.63, 3.8) is 0 Å². The third kappa shape index (κ3) is 4.95. The normalized spacial score (nSPS) is 10.5. The molecule has 0 fully saturated rings. The van der Waals surface area contributed by atoms with Gasteiger partial charge in [0.1, 0.15) is 5.75 Å². The number of hydrogen-bond acceptors (Lipinski definition) is 3. The van der Waals surface area contributed by atoms with Crippen molar-refractivity contribution in [2.75, 3.05) is 5.32 Å². The summed E-state index contributed by atoms with van der Waals surface area (Å²) in [4.78, 5) is 23.4. The molecule has 1 amide bonds. The van der Waals surface area contributed by atoms with Crippen molar-refractivity contribution in [2.24, 2.45) is 0 Å². The van der Waals surface area contributed by atoms with Gasteiger partial charge in [-0.1, -0.05) is 36.4 Å². The number of anilines is 1. The molecule has 106 valence electrons. The Morgan fingerprint density at radius 3 is 2.33 bits per heavy atom. The first-order valence-corrected chi connectivity index (χ1v) is 6.48. The van der Waals surface area contributed by atoms with E-state index in [0.717, 1.165) is 5.56 Å². The number of hydrogen-bond donors (Lipinski definition) is 2. The first kappa shape index (κ1) is 14.5. The maximum Gasteiger partial charge on any atom is 0.232 e. The van der Waals surface area contributed by atoms with Gasteiger partial charge in [0.05, 0.1) is 6.42 Å². The number of benzene rings is 2. The Kier molecular flexibility index (Phi) is 4.88. The number of para-hydroxylation sites is 1. The molecule has 0 spiro atoms. The smallest absolute Gasteiger partial charge is 0.232 e. The molecule has 0 bridgehead atoms. The van der Waals surface area contributed by atoms with Crippen molar-refractivity contribution < 1.29 is 14.7 Å². The van der Waals surface area contributed by atoms with E-state index in [1.165, 1.54) is 18.2 Å². The van der Waals surface area contributed by atoms with Crippen LogP contribution >= 0.6 is 0 Å². The number of allylic oxidation sites excluding steroid dienone is 1. The number of phenolic OH excluding ortho intramolecular Hbond substituents is 1. The number of rotatable bonds is 5. The minimum atomic E-state index is -0.346. The molecule has 0 aliphatic rings. The minimum Gasteiger partial charge on any atom is -0.508 e. The second-order valence-corrected chi connectivity index (χ2v) is 4.48. The molecule has 0 aliphatic heterocycles. The summed E-state index contributed by atoms with van der Waals surface area (Å²) >= 11 is 0. The molecule has 2 aromatic rings. The topological polar surface area (TPSA) is 66.4 Å². The Labute approximate surface area is 122 Å². The number of aromatic hydroxyl groups is 1. The number of phenols is 1. The number of carbonyl (C=O) groups excluding carboxylic acids is 2. The fraction of sp³-hybridized carbons (Fsp3) is 0.0588. The van der Waals surface area contributed by atoms with Crippen LogP contribution in [0.15, 0.2) is 60.7 Å². The Bertz CT molecular complexity index is 645. The van der Waals surface area contributed by atoms with E-state index in [1.807, 2.05) is 18.2 Å². The van der Waals surface area contributed by atoms with Gasteiger partial charge in [-0.2, -0.15) is 0 Å². The van der Waals surface area contributed by atoms with Crippen LogP contribution in [0.5, 0.6) is 5.75 Å². The number of amides is 1. The molecule has 21 heavy (non-hydrogen) atoms. The largest absolute Gasteiger partial charge is 0.508 e. The van der Waals surface area contributed by atoms with Gasteiger partial charge >= 0.3 is 0 Å². The Balaban J connectivity index is 1.86. The molecular formula is C17H15NO3. The van der Waals surface area contributed by atoms with Gasteiger partial charge in [-0.05, 0) is 35.9 Å². The van der Waals surface area contributed by atoms with Crippen LogP contribution in [0.1, 0.15) is 12.0 Å². The van der Waals surface area contributed by atoms with Crippen molar-refractivity contribution in [1.82, 2.24) is 0 Å². The Morgan fingerprint density at radius 2 is 1.67 bits per heavy atom. The second-order valence-electron chi connectivity index (χ2n) is 4.48. The van der Waals surface area contributed by atoms with Crippen LogP contribution in [0.2, 0.25) is 0 Å². The van der Waals surface area contributed by atoms with Crippen LogP contribution in [0.3, 0.4) is 0 Å². The predicted octanol–water partition coefficient (Wildman–Crippen LogP) is 3.00. The average molecular weight is 281 g/mol. The van der Waals surface area contributed by atoms with Gasteiger partial charge < -0.3 is 10.4 Å². The monoisotopic (exact) mass is 281 g/mol. The van der Waals surface area contributed by atoms with E-state index in [4.69, 9.17) is 5.11 Å². The van der Waals surface area contributed by atoms with Crippen molar-refractivity contribution in [2.45, 2.75) is 6.42 Å². The lowest BCUT2D eigenvalue weighted by atomic mass is 10.1. The summed E-state index contributed by atoms with van der Waals surface area (Å²) in [5, 5.41) is 11.8. The average Bonchev–Trinajstić information content (AvgIpc) is 2.47. The summed E-state index contributed by atoms with van der Waals surface area (Å²) in [5.74, 6) is -0.459. The van der Waals surface area contributed by atoms with Gasteiger partial charge in [-0.15, -0.1) is 0 Å².